The highest BCUT2D eigenvalue weighted by Gasteiger charge is 2.11. The molecule has 1 N–H and O–H groups in total. The van der Waals surface area contributed by atoms with Crippen molar-refractivity contribution in [3.05, 3.63) is 88.9 Å². The van der Waals surface area contributed by atoms with Crippen LogP contribution < -0.4 is 5.43 Å². The summed E-state index contributed by atoms with van der Waals surface area (Å²) in [5, 5.41) is 4.93. The minimum Gasteiger partial charge on any atom is -0.451 e. The van der Waals surface area contributed by atoms with E-state index in [0.717, 1.165) is 21.2 Å². The number of halogens is 1. The highest BCUT2D eigenvalue weighted by Crippen LogP contribution is 2.19. The average molecular weight is 408 g/mol. The van der Waals surface area contributed by atoms with Gasteiger partial charge in [0.2, 0.25) is 0 Å². The van der Waals surface area contributed by atoms with Gasteiger partial charge >= 0.3 is 5.91 Å². The minimum atomic E-state index is -0.391. The van der Waals surface area contributed by atoms with Crippen LogP contribution in [0.4, 0.5) is 0 Å². The predicted octanol–water partition coefficient (Wildman–Crippen LogP) is 4.75. The quantitative estimate of drug-likeness (QED) is 0.391. The molecular weight excluding hydrogens is 394 g/mol. The molecule has 2 heterocycles. The highest BCUT2D eigenvalue weighted by molar-refractivity contribution is 9.10. The fourth-order valence-electron chi connectivity index (χ4n) is 2.67. The number of carbonyl (C=O) groups excluding carboxylic acids is 1. The maximum Gasteiger partial charge on any atom is 0.307 e. The van der Waals surface area contributed by atoms with Gasteiger partial charge in [0.15, 0.2) is 5.76 Å². The predicted molar refractivity (Wildman–Crippen MR) is 105 cm³/mol. The number of amides is 1. The summed E-state index contributed by atoms with van der Waals surface area (Å²) in [6.07, 6.45) is 3.53. The Kier molecular flexibility index (Phi) is 4.41. The SMILES string of the molecule is O=C(N/N=C/c1cccn1-c1cccc(Br)c1)c1cc2ccccc2o1. The molecule has 2 aromatic heterocycles. The second-order valence-electron chi connectivity index (χ2n) is 5.63. The van der Waals surface area contributed by atoms with Gasteiger partial charge in [0.25, 0.3) is 0 Å². The highest BCUT2D eigenvalue weighted by atomic mass is 79.9. The lowest BCUT2D eigenvalue weighted by Crippen LogP contribution is -2.17. The number of aromatic nitrogens is 1. The van der Waals surface area contributed by atoms with Crippen molar-refractivity contribution in [1.82, 2.24) is 9.99 Å². The van der Waals surface area contributed by atoms with Crippen molar-refractivity contribution in [2.24, 2.45) is 5.10 Å². The summed E-state index contributed by atoms with van der Waals surface area (Å²) >= 11 is 3.47. The van der Waals surface area contributed by atoms with Crippen LogP contribution in [0.5, 0.6) is 0 Å². The molecule has 1 amide bonds. The van der Waals surface area contributed by atoms with Crippen molar-refractivity contribution in [3.8, 4) is 5.69 Å². The molecule has 0 saturated heterocycles. The molecule has 2 aromatic carbocycles. The first-order valence-corrected chi connectivity index (χ1v) is 8.75. The first kappa shape index (κ1) is 16.4. The van der Waals surface area contributed by atoms with E-state index in [1.807, 2.05) is 71.4 Å². The zero-order valence-corrected chi connectivity index (χ0v) is 15.2. The third-order valence-electron chi connectivity index (χ3n) is 3.88. The van der Waals surface area contributed by atoms with Gasteiger partial charge in [-0.15, -0.1) is 0 Å². The monoisotopic (exact) mass is 407 g/mol. The number of hydrazone groups is 1. The third-order valence-corrected chi connectivity index (χ3v) is 4.37. The summed E-state index contributed by atoms with van der Waals surface area (Å²) in [5.74, 6) is -0.163. The van der Waals surface area contributed by atoms with E-state index in [-0.39, 0.29) is 5.76 Å². The van der Waals surface area contributed by atoms with Crippen LogP contribution in [0, 0.1) is 0 Å². The summed E-state index contributed by atoms with van der Waals surface area (Å²) in [5.41, 5.74) is 5.01. The topological polar surface area (TPSA) is 59.5 Å². The molecule has 0 radical (unpaired) electrons. The van der Waals surface area contributed by atoms with Crippen LogP contribution in [0.1, 0.15) is 16.2 Å². The van der Waals surface area contributed by atoms with Crippen molar-refractivity contribution >= 4 is 39.0 Å². The molecule has 0 aliphatic carbocycles. The molecular formula is C20H14BrN3O2. The van der Waals surface area contributed by atoms with Gasteiger partial charge < -0.3 is 8.98 Å². The average Bonchev–Trinajstić information content (AvgIpc) is 3.28. The molecule has 5 nitrogen and oxygen atoms in total. The molecule has 0 fully saturated rings. The van der Waals surface area contributed by atoms with Gasteiger partial charge in [0, 0.05) is 21.7 Å². The number of benzene rings is 2. The lowest BCUT2D eigenvalue weighted by Gasteiger charge is -2.06. The van der Waals surface area contributed by atoms with E-state index in [4.69, 9.17) is 4.42 Å². The van der Waals surface area contributed by atoms with Crippen LogP contribution in [-0.4, -0.2) is 16.7 Å². The second-order valence-corrected chi connectivity index (χ2v) is 6.55. The summed E-state index contributed by atoms with van der Waals surface area (Å²) in [4.78, 5) is 12.2. The van der Waals surface area contributed by atoms with E-state index in [1.54, 1.807) is 12.3 Å². The van der Waals surface area contributed by atoms with Crippen LogP contribution in [0.3, 0.4) is 0 Å². The van der Waals surface area contributed by atoms with Gasteiger partial charge in [-0.05, 0) is 42.5 Å². The van der Waals surface area contributed by atoms with Crippen molar-refractivity contribution < 1.29 is 9.21 Å². The molecule has 0 aliphatic heterocycles. The van der Waals surface area contributed by atoms with Crippen LogP contribution >= 0.6 is 15.9 Å². The summed E-state index contributed by atoms with van der Waals surface area (Å²) in [6.45, 7) is 0. The molecule has 0 saturated carbocycles. The second kappa shape index (κ2) is 7.01. The summed E-state index contributed by atoms with van der Waals surface area (Å²) in [7, 11) is 0. The van der Waals surface area contributed by atoms with Crippen molar-refractivity contribution in [3.63, 3.8) is 0 Å². The lowest BCUT2D eigenvalue weighted by atomic mass is 10.2. The maximum atomic E-state index is 12.2. The Labute approximate surface area is 158 Å². The smallest absolute Gasteiger partial charge is 0.307 e. The Bertz CT molecular complexity index is 1080. The molecule has 26 heavy (non-hydrogen) atoms. The number of nitrogens with one attached hydrogen (secondary N) is 1. The van der Waals surface area contributed by atoms with Crippen LogP contribution in [0.15, 0.2) is 86.9 Å². The number of furan rings is 1. The number of nitrogens with zero attached hydrogens (tertiary/aromatic N) is 2. The van der Waals surface area contributed by atoms with Crippen LogP contribution in [-0.2, 0) is 0 Å². The first-order valence-electron chi connectivity index (χ1n) is 7.96. The fourth-order valence-corrected chi connectivity index (χ4v) is 3.05. The molecule has 4 rings (SSSR count). The lowest BCUT2D eigenvalue weighted by molar-refractivity contribution is 0.0929. The zero-order chi connectivity index (χ0) is 17.9. The number of carbonyl (C=O) groups is 1. The number of para-hydroxylation sites is 1. The number of hydrogen-bond acceptors (Lipinski definition) is 3. The minimum absolute atomic E-state index is 0.228. The zero-order valence-electron chi connectivity index (χ0n) is 13.6. The van der Waals surface area contributed by atoms with Gasteiger partial charge in [-0.3, -0.25) is 4.79 Å². The van der Waals surface area contributed by atoms with E-state index >= 15 is 0 Å². The molecule has 0 aliphatic rings. The Hall–Kier alpha value is -3.12. The Morgan fingerprint density at radius 2 is 1.96 bits per heavy atom. The fraction of sp³-hybridized carbons (Fsp3) is 0. The Morgan fingerprint density at radius 3 is 2.81 bits per heavy atom. The van der Waals surface area contributed by atoms with E-state index in [2.05, 4.69) is 26.5 Å². The molecule has 0 bridgehead atoms. The first-order chi connectivity index (χ1) is 12.7. The normalized spacial score (nSPS) is 11.3. The van der Waals surface area contributed by atoms with E-state index in [9.17, 15) is 4.79 Å². The van der Waals surface area contributed by atoms with E-state index in [0.29, 0.717) is 5.58 Å². The Morgan fingerprint density at radius 1 is 1.08 bits per heavy atom. The molecule has 6 heteroatoms. The van der Waals surface area contributed by atoms with E-state index in [1.165, 1.54) is 0 Å². The molecule has 4 aromatic rings. The molecule has 0 unspecified atom stereocenters. The maximum absolute atomic E-state index is 12.2. The van der Waals surface area contributed by atoms with Gasteiger partial charge in [0.05, 0.1) is 11.9 Å². The number of fused-ring (bicyclic) bond motifs is 1. The van der Waals surface area contributed by atoms with E-state index < -0.39 is 5.91 Å². The van der Waals surface area contributed by atoms with Crippen molar-refractivity contribution in [2.75, 3.05) is 0 Å². The molecule has 0 atom stereocenters. The van der Waals surface area contributed by atoms with Crippen LogP contribution in [0.25, 0.3) is 16.7 Å². The van der Waals surface area contributed by atoms with Gasteiger partial charge in [-0.25, -0.2) is 5.43 Å². The number of rotatable bonds is 4. The van der Waals surface area contributed by atoms with Gasteiger partial charge in [-0.2, -0.15) is 5.10 Å². The van der Waals surface area contributed by atoms with Crippen molar-refractivity contribution in [1.29, 1.82) is 0 Å². The molecule has 0 spiro atoms. The summed E-state index contributed by atoms with van der Waals surface area (Å²) < 4.78 is 8.49. The van der Waals surface area contributed by atoms with Gasteiger partial charge in [0.1, 0.15) is 5.58 Å². The van der Waals surface area contributed by atoms with Crippen LogP contribution in [0.2, 0.25) is 0 Å². The largest absolute Gasteiger partial charge is 0.451 e. The van der Waals surface area contributed by atoms with Gasteiger partial charge in [-0.1, -0.05) is 40.2 Å². The summed E-state index contributed by atoms with van der Waals surface area (Å²) in [6, 6.07) is 20.9. The van der Waals surface area contributed by atoms with Crippen molar-refractivity contribution in [2.45, 2.75) is 0 Å². The standard InChI is InChI=1S/C20H14BrN3O2/c21-15-6-3-7-16(12-15)24-10-4-8-17(24)13-22-23-20(25)19-11-14-5-1-2-9-18(14)26-19/h1-13H,(H,23,25)/b22-13+. The third kappa shape index (κ3) is 3.32. The Balaban J connectivity index is 1.51. The number of hydrogen-bond donors (Lipinski definition) is 1. The molecule has 128 valence electrons.